The molecule has 0 aliphatic heterocycles. The minimum absolute atomic E-state index is 0.183. The third kappa shape index (κ3) is 3.18. The normalized spacial score (nSPS) is 11.7. The number of aldehydes is 1. The fourth-order valence-electron chi connectivity index (χ4n) is 2.20. The summed E-state index contributed by atoms with van der Waals surface area (Å²) in [5, 5.41) is 0. The zero-order valence-corrected chi connectivity index (χ0v) is 11.7. The fourth-order valence-corrected chi connectivity index (χ4v) is 2.20. The molecule has 0 heterocycles. The van der Waals surface area contributed by atoms with E-state index in [0.29, 0.717) is 6.42 Å². The van der Waals surface area contributed by atoms with Crippen LogP contribution in [0.15, 0.2) is 48.5 Å². The zero-order chi connectivity index (χ0) is 14.4. The monoisotopic (exact) mass is 270 g/mol. The Hall–Kier alpha value is -2.29. The topological polar surface area (TPSA) is 35.5 Å². The molecule has 2 aromatic carbocycles. The van der Waals surface area contributed by atoms with E-state index in [1.807, 2.05) is 48.5 Å². The molecular weight excluding hydrogens is 252 g/mol. The van der Waals surface area contributed by atoms with Gasteiger partial charge in [-0.3, -0.25) is 0 Å². The molecule has 0 radical (unpaired) electrons. The van der Waals surface area contributed by atoms with Gasteiger partial charge < -0.3 is 14.3 Å². The second-order valence-electron chi connectivity index (χ2n) is 4.53. The van der Waals surface area contributed by atoms with Crippen molar-refractivity contribution in [3.63, 3.8) is 0 Å². The van der Waals surface area contributed by atoms with Crippen LogP contribution in [-0.4, -0.2) is 20.5 Å². The van der Waals surface area contributed by atoms with Crippen molar-refractivity contribution in [1.29, 1.82) is 0 Å². The lowest BCUT2D eigenvalue weighted by atomic mass is 9.93. The highest BCUT2D eigenvalue weighted by Gasteiger charge is 2.14. The Kier molecular flexibility index (Phi) is 4.77. The third-order valence-electron chi connectivity index (χ3n) is 3.34. The minimum Gasteiger partial charge on any atom is -0.497 e. The number of hydrogen-bond acceptors (Lipinski definition) is 3. The standard InChI is InChI=1S/C17H18O3/c1-19-16-9-7-13(8-10-16)15(12-18)11-14-5-3-4-6-17(14)20-2/h3-10,12,15H,11H2,1-2H3. The van der Waals surface area contributed by atoms with Crippen molar-refractivity contribution in [2.75, 3.05) is 14.2 Å². The predicted octanol–water partition coefficient (Wildman–Crippen LogP) is 3.23. The molecule has 20 heavy (non-hydrogen) atoms. The van der Waals surface area contributed by atoms with Crippen molar-refractivity contribution >= 4 is 6.29 Å². The zero-order valence-electron chi connectivity index (χ0n) is 11.7. The number of methoxy groups -OCH3 is 2. The molecular formula is C17H18O3. The molecule has 0 saturated carbocycles. The van der Waals surface area contributed by atoms with Crippen molar-refractivity contribution < 1.29 is 14.3 Å². The van der Waals surface area contributed by atoms with E-state index >= 15 is 0 Å². The first kappa shape index (κ1) is 14.1. The van der Waals surface area contributed by atoms with E-state index in [-0.39, 0.29) is 5.92 Å². The third-order valence-corrected chi connectivity index (χ3v) is 3.34. The molecule has 2 rings (SSSR count). The number of rotatable bonds is 6. The van der Waals surface area contributed by atoms with E-state index < -0.39 is 0 Å². The summed E-state index contributed by atoms with van der Waals surface area (Å²) in [4.78, 5) is 11.4. The number of para-hydroxylation sites is 1. The molecule has 0 N–H and O–H groups in total. The molecule has 2 aromatic rings. The van der Waals surface area contributed by atoms with Crippen LogP contribution in [0, 0.1) is 0 Å². The first-order valence-corrected chi connectivity index (χ1v) is 6.49. The van der Waals surface area contributed by atoms with E-state index in [9.17, 15) is 4.79 Å². The molecule has 3 heteroatoms. The highest BCUT2D eigenvalue weighted by molar-refractivity contribution is 5.63. The van der Waals surface area contributed by atoms with Gasteiger partial charge in [0.25, 0.3) is 0 Å². The van der Waals surface area contributed by atoms with Gasteiger partial charge in [-0.15, -0.1) is 0 Å². The Balaban J connectivity index is 2.21. The van der Waals surface area contributed by atoms with Gasteiger partial charge in [0.1, 0.15) is 17.8 Å². The molecule has 3 nitrogen and oxygen atoms in total. The Morgan fingerprint density at radius 1 is 1.00 bits per heavy atom. The Morgan fingerprint density at radius 2 is 1.70 bits per heavy atom. The number of ether oxygens (including phenoxy) is 2. The molecule has 0 bridgehead atoms. The van der Waals surface area contributed by atoms with Crippen molar-refractivity contribution in [2.24, 2.45) is 0 Å². The molecule has 0 aliphatic carbocycles. The lowest BCUT2D eigenvalue weighted by Crippen LogP contribution is -2.05. The fraction of sp³-hybridized carbons (Fsp3) is 0.235. The van der Waals surface area contributed by atoms with Gasteiger partial charge in [0, 0.05) is 5.92 Å². The van der Waals surface area contributed by atoms with Crippen LogP contribution in [0.5, 0.6) is 11.5 Å². The summed E-state index contributed by atoms with van der Waals surface area (Å²) in [5.74, 6) is 1.42. The van der Waals surface area contributed by atoms with Gasteiger partial charge in [0.05, 0.1) is 14.2 Å². The summed E-state index contributed by atoms with van der Waals surface area (Å²) in [7, 11) is 3.27. The van der Waals surface area contributed by atoms with Crippen molar-refractivity contribution in [3.8, 4) is 11.5 Å². The summed E-state index contributed by atoms with van der Waals surface area (Å²) < 4.78 is 10.5. The number of benzene rings is 2. The van der Waals surface area contributed by atoms with Gasteiger partial charge >= 0.3 is 0 Å². The van der Waals surface area contributed by atoms with Crippen molar-refractivity contribution in [2.45, 2.75) is 12.3 Å². The molecule has 0 fully saturated rings. The van der Waals surface area contributed by atoms with Crippen LogP contribution in [0.3, 0.4) is 0 Å². The van der Waals surface area contributed by atoms with Gasteiger partial charge in [-0.1, -0.05) is 30.3 Å². The van der Waals surface area contributed by atoms with E-state index in [4.69, 9.17) is 9.47 Å². The minimum atomic E-state index is -0.183. The molecule has 1 unspecified atom stereocenters. The van der Waals surface area contributed by atoms with Gasteiger partial charge in [-0.2, -0.15) is 0 Å². The largest absolute Gasteiger partial charge is 0.497 e. The maximum absolute atomic E-state index is 11.4. The number of hydrogen-bond donors (Lipinski definition) is 0. The average Bonchev–Trinajstić information content (AvgIpc) is 2.53. The number of carbonyl (C=O) groups is 1. The maximum Gasteiger partial charge on any atom is 0.127 e. The quantitative estimate of drug-likeness (QED) is 0.756. The molecule has 0 aliphatic rings. The van der Waals surface area contributed by atoms with Gasteiger partial charge in [0.15, 0.2) is 0 Å². The van der Waals surface area contributed by atoms with Crippen LogP contribution in [0.4, 0.5) is 0 Å². The van der Waals surface area contributed by atoms with Crippen LogP contribution in [0.25, 0.3) is 0 Å². The van der Waals surface area contributed by atoms with Crippen LogP contribution >= 0.6 is 0 Å². The van der Waals surface area contributed by atoms with Crippen LogP contribution < -0.4 is 9.47 Å². The molecule has 0 saturated heterocycles. The summed E-state index contributed by atoms with van der Waals surface area (Å²) in [5.41, 5.74) is 2.01. The Labute approximate surface area is 119 Å². The van der Waals surface area contributed by atoms with Crippen molar-refractivity contribution in [3.05, 3.63) is 59.7 Å². The Morgan fingerprint density at radius 3 is 2.30 bits per heavy atom. The highest BCUT2D eigenvalue weighted by atomic mass is 16.5. The van der Waals surface area contributed by atoms with E-state index in [1.54, 1.807) is 14.2 Å². The van der Waals surface area contributed by atoms with Crippen LogP contribution in [0.2, 0.25) is 0 Å². The summed E-state index contributed by atoms with van der Waals surface area (Å²) in [6.45, 7) is 0. The van der Waals surface area contributed by atoms with Gasteiger partial charge in [-0.25, -0.2) is 0 Å². The lowest BCUT2D eigenvalue weighted by molar-refractivity contribution is -0.109. The second-order valence-corrected chi connectivity index (χ2v) is 4.53. The van der Waals surface area contributed by atoms with Crippen LogP contribution in [-0.2, 0) is 11.2 Å². The smallest absolute Gasteiger partial charge is 0.127 e. The van der Waals surface area contributed by atoms with E-state index in [1.165, 1.54) is 0 Å². The first-order chi connectivity index (χ1) is 9.78. The predicted molar refractivity (Wildman–Crippen MR) is 78.5 cm³/mol. The maximum atomic E-state index is 11.4. The van der Waals surface area contributed by atoms with Gasteiger partial charge in [-0.05, 0) is 35.7 Å². The Bertz CT molecular complexity index is 561. The van der Waals surface area contributed by atoms with Crippen molar-refractivity contribution in [1.82, 2.24) is 0 Å². The first-order valence-electron chi connectivity index (χ1n) is 6.49. The van der Waals surface area contributed by atoms with Crippen LogP contribution in [0.1, 0.15) is 17.0 Å². The average molecular weight is 270 g/mol. The molecule has 104 valence electrons. The van der Waals surface area contributed by atoms with Gasteiger partial charge in [0.2, 0.25) is 0 Å². The SMILES string of the molecule is COc1ccc(C(C=O)Cc2ccccc2OC)cc1. The lowest BCUT2D eigenvalue weighted by Gasteiger charge is -2.14. The number of carbonyl (C=O) groups excluding carboxylic acids is 1. The molecule has 1 atom stereocenters. The molecule has 0 spiro atoms. The highest BCUT2D eigenvalue weighted by Crippen LogP contribution is 2.26. The van der Waals surface area contributed by atoms with E-state index in [0.717, 1.165) is 28.9 Å². The summed E-state index contributed by atoms with van der Waals surface area (Å²) >= 11 is 0. The van der Waals surface area contributed by atoms with E-state index in [2.05, 4.69) is 0 Å². The second kappa shape index (κ2) is 6.75. The summed E-state index contributed by atoms with van der Waals surface area (Å²) in [6, 6.07) is 15.4. The molecule has 0 amide bonds. The summed E-state index contributed by atoms with van der Waals surface area (Å²) in [6.07, 6.45) is 1.61. The molecule has 0 aromatic heterocycles.